The van der Waals surface area contributed by atoms with Gasteiger partial charge in [-0.05, 0) is 37.3 Å². The summed E-state index contributed by atoms with van der Waals surface area (Å²) in [5.41, 5.74) is 3.38. The first-order valence-electron chi connectivity index (χ1n) is 7.93. The van der Waals surface area contributed by atoms with E-state index < -0.39 is 0 Å². The van der Waals surface area contributed by atoms with E-state index >= 15 is 0 Å². The van der Waals surface area contributed by atoms with Gasteiger partial charge in [-0.25, -0.2) is 4.39 Å². The number of hydrogen-bond donors (Lipinski definition) is 2. The number of benzene rings is 2. The summed E-state index contributed by atoms with van der Waals surface area (Å²) in [6, 6.07) is 17.5. The van der Waals surface area contributed by atoms with Crippen molar-refractivity contribution >= 4 is 17.3 Å². The average molecular weight is 335 g/mol. The second kappa shape index (κ2) is 7.57. The van der Waals surface area contributed by atoms with Gasteiger partial charge in [0.25, 0.3) is 5.91 Å². The molecule has 0 aliphatic rings. The summed E-state index contributed by atoms with van der Waals surface area (Å²) < 4.78 is 13.7. The Morgan fingerprint density at radius 1 is 1.04 bits per heavy atom. The lowest BCUT2D eigenvalue weighted by atomic mass is 10.2. The first kappa shape index (κ1) is 16.6. The van der Waals surface area contributed by atoms with Crippen LogP contribution in [0.4, 0.5) is 15.8 Å². The molecule has 0 saturated heterocycles. The van der Waals surface area contributed by atoms with Crippen LogP contribution < -0.4 is 10.6 Å². The Kier molecular flexibility index (Phi) is 5.04. The molecule has 0 saturated carbocycles. The lowest BCUT2D eigenvalue weighted by Crippen LogP contribution is -2.14. The molecule has 0 aliphatic carbocycles. The predicted octanol–water partition coefficient (Wildman–Crippen LogP) is 4.39. The summed E-state index contributed by atoms with van der Waals surface area (Å²) in [6.07, 6.45) is 1.55. The van der Waals surface area contributed by atoms with Crippen LogP contribution in [0.3, 0.4) is 0 Å². The van der Waals surface area contributed by atoms with E-state index in [1.165, 1.54) is 6.07 Å². The molecule has 3 aromatic rings. The third-order valence-corrected chi connectivity index (χ3v) is 3.74. The summed E-state index contributed by atoms with van der Waals surface area (Å²) in [5, 5.41) is 5.91. The molecular formula is C20H18FN3O. The molecule has 4 nitrogen and oxygen atoms in total. The number of nitrogens with zero attached hydrogens (tertiary/aromatic N) is 1. The van der Waals surface area contributed by atoms with Gasteiger partial charge in [0, 0.05) is 29.7 Å². The Morgan fingerprint density at radius 3 is 2.56 bits per heavy atom. The second-order valence-corrected chi connectivity index (χ2v) is 5.69. The Balaban J connectivity index is 1.67. The standard InChI is InChI=1S/C20H18FN3O/c1-14-6-8-16(9-7-14)24-20(25)19-12-17(10-11-22-19)23-13-15-4-2-3-5-18(15)21/h2-12H,13H2,1H3,(H,22,23)(H,24,25). The molecule has 1 amide bonds. The first-order chi connectivity index (χ1) is 12.1. The van der Waals surface area contributed by atoms with Crippen LogP contribution in [0.25, 0.3) is 0 Å². The van der Waals surface area contributed by atoms with Gasteiger partial charge in [-0.1, -0.05) is 35.9 Å². The normalized spacial score (nSPS) is 10.3. The van der Waals surface area contributed by atoms with Crippen molar-refractivity contribution in [1.29, 1.82) is 0 Å². The highest BCUT2D eigenvalue weighted by atomic mass is 19.1. The fourth-order valence-electron chi connectivity index (χ4n) is 2.34. The fraction of sp³-hybridized carbons (Fsp3) is 0.100. The van der Waals surface area contributed by atoms with Gasteiger partial charge in [0.1, 0.15) is 11.5 Å². The number of hydrogen-bond acceptors (Lipinski definition) is 3. The molecule has 0 atom stereocenters. The maximum atomic E-state index is 13.7. The zero-order valence-corrected chi connectivity index (χ0v) is 13.8. The van der Waals surface area contributed by atoms with E-state index in [0.29, 0.717) is 29.2 Å². The smallest absolute Gasteiger partial charge is 0.274 e. The Bertz CT molecular complexity index is 878. The number of carbonyl (C=O) groups excluding carboxylic acids is 1. The van der Waals surface area contributed by atoms with E-state index in [1.54, 1.807) is 36.5 Å². The van der Waals surface area contributed by atoms with Gasteiger partial charge in [-0.15, -0.1) is 0 Å². The number of amides is 1. The van der Waals surface area contributed by atoms with Gasteiger partial charge < -0.3 is 10.6 Å². The van der Waals surface area contributed by atoms with E-state index in [2.05, 4.69) is 15.6 Å². The van der Waals surface area contributed by atoms with E-state index in [-0.39, 0.29) is 11.7 Å². The maximum Gasteiger partial charge on any atom is 0.274 e. The SMILES string of the molecule is Cc1ccc(NC(=O)c2cc(NCc3ccccc3F)ccn2)cc1. The topological polar surface area (TPSA) is 54.0 Å². The third kappa shape index (κ3) is 4.41. The van der Waals surface area contributed by atoms with E-state index in [0.717, 1.165) is 5.56 Å². The highest BCUT2D eigenvalue weighted by Crippen LogP contribution is 2.14. The first-order valence-corrected chi connectivity index (χ1v) is 7.93. The second-order valence-electron chi connectivity index (χ2n) is 5.69. The minimum Gasteiger partial charge on any atom is -0.381 e. The van der Waals surface area contributed by atoms with E-state index in [1.807, 2.05) is 31.2 Å². The van der Waals surface area contributed by atoms with Crippen LogP contribution in [0.5, 0.6) is 0 Å². The number of aromatic nitrogens is 1. The van der Waals surface area contributed by atoms with Crippen molar-refractivity contribution in [2.75, 3.05) is 10.6 Å². The van der Waals surface area contributed by atoms with Crippen molar-refractivity contribution in [1.82, 2.24) is 4.98 Å². The molecule has 126 valence electrons. The number of rotatable bonds is 5. The van der Waals surface area contributed by atoms with E-state index in [4.69, 9.17) is 0 Å². The molecule has 3 rings (SSSR count). The van der Waals surface area contributed by atoms with Crippen molar-refractivity contribution in [3.05, 3.63) is 89.5 Å². The summed E-state index contributed by atoms with van der Waals surface area (Å²) >= 11 is 0. The zero-order chi connectivity index (χ0) is 17.6. The molecule has 0 spiro atoms. The molecule has 1 heterocycles. The van der Waals surface area contributed by atoms with Crippen LogP contribution in [-0.4, -0.2) is 10.9 Å². The van der Waals surface area contributed by atoms with Gasteiger partial charge in [0.2, 0.25) is 0 Å². The number of nitrogens with one attached hydrogen (secondary N) is 2. The number of halogens is 1. The van der Waals surface area contributed by atoms with Crippen molar-refractivity contribution in [2.24, 2.45) is 0 Å². The van der Waals surface area contributed by atoms with Gasteiger partial charge >= 0.3 is 0 Å². The molecule has 0 unspecified atom stereocenters. The number of pyridine rings is 1. The van der Waals surface area contributed by atoms with Gasteiger partial charge in [-0.3, -0.25) is 9.78 Å². The summed E-state index contributed by atoms with van der Waals surface area (Å²) in [5.74, 6) is -0.556. The van der Waals surface area contributed by atoms with Gasteiger partial charge in [-0.2, -0.15) is 0 Å². The minimum atomic E-state index is -0.293. The van der Waals surface area contributed by atoms with Crippen LogP contribution in [0.1, 0.15) is 21.6 Å². The Morgan fingerprint density at radius 2 is 1.80 bits per heavy atom. The molecule has 25 heavy (non-hydrogen) atoms. The molecule has 0 radical (unpaired) electrons. The molecule has 2 aromatic carbocycles. The fourth-order valence-corrected chi connectivity index (χ4v) is 2.34. The summed E-state index contributed by atoms with van der Waals surface area (Å²) in [6.45, 7) is 2.31. The number of aryl methyl sites for hydroxylation is 1. The molecule has 5 heteroatoms. The highest BCUT2D eigenvalue weighted by Gasteiger charge is 2.09. The molecule has 0 bridgehead atoms. The van der Waals surface area contributed by atoms with Crippen LogP contribution in [-0.2, 0) is 6.54 Å². The molecule has 0 fully saturated rings. The van der Waals surface area contributed by atoms with Crippen LogP contribution in [0.2, 0.25) is 0 Å². The summed E-state index contributed by atoms with van der Waals surface area (Å²) in [4.78, 5) is 16.4. The highest BCUT2D eigenvalue weighted by molar-refractivity contribution is 6.03. The molecule has 0 aliphatic heterocycles. The largest absolute Gasteiger partial charge is 0.381 e. The molecule has 2 N–H and O–H groups in total. The number of carbonyl (C=O) groups is 1. The Hall–Kier alpha value is -3.21. The van der Waals surface area contributed by atoms with Crippen molar-refractivity contribution in [2.45, 2.75) is 13.5 Å². The predicted molar refractivity (Wildman–Crippen MR) is 97.1 cm³/mol. The van der Waals surface area contributed by atoms with Crippen LogP contribution in [0, 0.1) is 12.7 Å². The zero-order valence-electron chi connectivity index (χ0n) is 13.8. The number of anilines is 2. The molecular weight excluding hydrogens is 317 g/mol. The van der Waals surface area contributed by atoms with Gasteiger partial charge in [0.05, 0.1) is 0 Å². The Labute approximate surface area is 145 Å². The van der Waals surface area contributed by atoms with Crippen molar-refractivity contribution in [3.8, 4) is 0 Å². The van der Waals surface area contributed by atoms with Crippen molar-refractivity contribution < 1.29 is 9.18 Å². The lowest BCUT2D eigenvalue weighted by Gasteiger charge is -2.09. The van der Waals surface area contributed by atoms with Gasteiger partial charge in [0.15, 0.2) is 0 Å². The average Bonchev–Trinajstić information content (AvgIpc) is 2.63. The maximum absolute atomic E-state index is 13.7. The van der Waals surface area contributed by atoms with Crippen LogP contribution in [0.15, 0.2) is 66.9 Å². The summed E-state index contributed by atoms with van der Waals surface area (Å²) in [7, 11) is 0. The quantitative estimate of drug-likeness (QED) is 0.727. The third-order valence-electron chi connectivity index (χ3n) is 3.74. The van der Waals surface area contributed by atoms with E-state index in [9.17, 15) is 9.18 Å². The molecule has 1 aromatic heterocycles. The minimum absolute atomic E-state index is 0.263. The van der Waals surface area contributed by atoms with Crippen molar-refractivity contribution in [3.63, 3.8) is 0 Å². The monoisotopic (exact) mass is 335 g/mol. The van der Waals surface area contributed by atoms with Crippen LogP contribution >= 0.6 is 0 Å². The lowest BCUT2D eigenvalue weighted by molar-refractivity contribution is 0.102.